The highest BCUT2D eigenvalue weighted by Crippen LogP contribution is 2.19. The second kappa shape index (κ2) is 4.53. The van der Waals surface area contributed by atoms with Crippen molar-refractivity contribution >= 4 is 17.8 Å². The minimum Gasteiger partial charge on any atom is -0.338 e. The summed E-state index contributed by atoms with van der Waals surface area (Å²) in [4.78, 5) is 18.9. The Balaban J connectivity index is 2.33. The second-order valence-electron chi connectivity index (χ2n) is 3.42. The van der Waals surface area contributed by atoms with Gasteiger partial charge in [-0.25, -0.2) is 4.98 Å². The fourth-order valence-corrected chi connectivity index (χ4v) is 1.38. The molecule has 0 radical (unpaired) electrons. The highest BCUT2D eigenvalue weighted by molar-refractivity contribution is 5.85. The standard InChI is InChI=1S/C12H11N3O/c1-9-2-3-10(8-16)11(6-9)15-12-7-13-4-5-14-12/h2-8H,1H3,(H,14,15). The monoisotopic (exact) mass is 213 g/mol. The van der Waals surface area contributed by atoms with E-state index in [1.807, 2.05) is 19.1 Å². The van der Waals surface area contributed by atoms with Gasteiger partial charge in [-0.15, -0.1) is 0 Å². The van der Waals surface area contributed by atoms with E-state index in [0.29, 0.717) is 11.4 Å². The maximum Gasteiger partial charge on any atom is 0.152 e. The Morgan fingerprint density at radius 2 is 2.19 bits per heavy atom. The molecule has 0 atom stereocenters. The lowest BCUT2D eigenvalue weighted by Gasteiger charge is -2.08. The van der Waals surface area contributed by atoms with Crippen molar-refractivity contribution in [3.8, 4) is 0 Å². The molecule has 1 heterocycles. The van der Waals surface area contributed by atoms with Gasteiger partial charge in [-0.1, -0.05) is 6.07 Å². The number of aromatic nitrogens is 2. The van der Waals surface area contributed by atoms with Crippen LogP contribution in [0.15, 0.2) is 36.8 Å². The number of aldehydes is 1. The first kappa shape index (κ1) is 10.3. The van der Waals surface area contributed by atoms with Gasteiger partial charge in [0.2, 0.25) is 0 Å². The van der Waals surface area contributed by atoms with E-state index < -0.39 is 0 Å². The number of anilines is 2. The summed E-state index contributed by atoms with van der Waals surface area (Å²) in [5.41, 5.74) is 2.43. The topological polar surface area (TPSA) is 54.9 Å². The number of nitrogens with one attached hydrogen (secondary N) is 1. The first-order valence-corrected chi connectivity index (χ1v) is 4.88. The van der Waals surface area contributed by atoms with Gasteiger partial charge < -0.3 is 5.32 Å². The molecule has 0 fully saturated rings. The second-order valence-corrected chi connectivity index (χ2v) is 3.42. The minimum atomic E-state index is 0.608. The zero-order valence-corrected chi connectivity index (χ0v) is 8.84. The first-order valence-electron chi connectivity index (χ1n) is 4.88. The Kier molecular flexibility index (Phi) is 2.91. The lowest BCUT2D eigenvalue weighted by atomic mass is 10.1. The number of hydrogen-bond donors (Lipinski definition) is 1. The molecule has 0 spiro atoms. The van der Waals surface area contributed by atoms with Crippen LogP contribution in [-0.2, 0) is 0 Å². The summed E-state index contributed by atoms with van der Waals surface area (Å²) < 4.78 is 0. The van der Waals surface area contributed by atoms with E-state index in [0.717, 1.165) is 17.5 Å². The van der Waals surface area contributed by atoms with Gasteiger partial charge in [0.1, 0.15) is 5.82 Å². The average molecular weight is 213 g/mol. The fraction of sp³-hybridized carbons (Fsp3) is 0.0833. The van der Waals surface area contributed by atoms with Crippen LogP contribution in [0, 0.1) is 6.92 Å². The van der Waals surface area contributed by atoms with Gasteiger partial charge in [-0.3, -0.25) is 9.78 Å². The zero-order valence-electron chi connectivity index (χ0n) is 8.84. The van der Waals surface area contributed by atoms with Gasteiger partial charge in [0.25, 0.3) is 0 Å². The van der Waals surface area contributed by atoms with Crippen molar-refractivity contribution < 1.29 is 4.79 Å². The van der Waals surface area contributed by atoms with Crippen LogP contribution >= 0.6 is 0 Å². The molecule has 0 aliphatic heterocycles. The summed E-state index contributed by atoms with van der Waals surface area (Å²) >= 11 is 0. The summed E-state index contributed by atoms with van der Waals surface area (Å²) in [5.74, 6) is 0.621. The van der Waals surface area contributed by atoms with Crippen LogP contribution in [-0.4, -0.2) is 16.3 Å². The zero-order chi connectivity index (χ0) is 11.4. The number of nitrogens with zero attached hydrogens (tertiary/aromatic N) is 2. The number of benzene rings is 1. The van der Waals surface area contributed by atoms with Gasteiger partial charge in [0, 0.05) is 18.0 Å². The lowest BCUT2D eigenvalue weighted by molar-refractivity contribution is 0.112. The van der Waals surface area contributed by atoms with Crippen molar-refractivity contribution in [1.29, 1.82) is 0 Å². The molecule has 1 aromatic heterocycles. The molecular weight excluding hydrogens is 202 g/mol. The van der Waals surface area contributed by atoms with E-state index >= 15 is 0 Å². The molecule has 80 valence electrons. The van der Waals surface area contributed by atoms with Crippen molar-refractivity contribution in [2.45, 2.75) is 6.92 Å². The molecule has 4 heteroatoms. The highest BCUT2D eigenvalue weighted by Gasteiger charge is 2.02. The van der Waals surface area contributed by atoms with E-state index in [1.165, 1.54) is 0 Å². The number of carbonyl (C=O) groups excluding carboxylic acids is 1. The maximum absolute atomic E-state index is 10.9. The molecular formula is C12H11N3O. The van der Waals surface area contributed by atoms with Gasteiger partial charge in [-0.05, 0) is 24.6 Å². The summed E-state index contributed by atoms with van der Waals surface area (Å²) in [6.45, 7) is 1.97. The van der Waals surface area contributed by atoms with Crippen molar-refractivity contribution in [3.63, 3.8) is 0 Å². The number of hydrogen-bond acceptors (Lipinski definition) is 4. The smallest absolute Gasteiger partial charge is 0.152 e. The van der Waals surface area contributed by atoms with Crippen LogP contribution in [0.3, 0.4) is 0 Å². The molecule has 0 unspecified atom stereocenters. The van der Waals surface area contributed by atoms with Crippen molar-refractivity contribution in [2.24, 2.45) is 0 Å². The number of carbonyl (C=O) groups is 1. The third-order valence-corrected chi connectivity index (χ3v) is 2.16. The van der Waals surface area contributed by atoms with Crippen LogP contribution in [0.5, 0.6) is 0 Å². The summed E-state index contributed by atoms with van der Waals surface area (Å²) in [6, 6.07) is 5.57. The Labute approximate surface area is 93.4 Å². The molecule has 1 N–H and O–H groups in total. The third kappa shape index (κ3) is 2.23. The third-order valence-electron chi connectivity index (χ3n) is 2.16. The predicted octanol–water partition coefficient (Wildman–Crippen LogP) is 2.34. The Hall–Kier alpha value is -2.23. The Morgan fingerprint density at radius 3 is 2.88 bits per heavy atom. The largest absolute Gasteiger partial charge is 0.338 e. The van der Waals surface area contributed by atoms with E-state index in [9.17, 15) is 4.79 Å². The van der Waals surface area contributed by atoms with Gasteiger partial charge in [0.15, 0.2) is 6.29 Å². The predicted molar refractivity (Wildman–Crippen MR) is 61.9 cm³/mol. The number of rotatable bonds is 3. The quantitative estimate of drug-likeness (QED) is 0.795. The van der Waals surface area contributed by atoms with Gasteiger partial charge >= 0.3 is 0 Å². The molecule has 0 saturated carbocycles. The lowest BCUT2D eigenvalue weighted by Crippen LogP contribution is -1.98. The molecule has 0 bridgehead atoms. The molecule has 0 aliphatic rings. The molecule has 4 nitrogen and oxygen atoms in total. The first-order chi connectivity index (χ1) is 7.79. The minimum absolute atomic E-state index is 0.608. The molecule has 2 rings (SSSR count). The average Bonchev–Trinajstić information content (AvgIpc) is 2.31. The molecule has 1 aromatic carbocycles. The van der Waals surface area contributed by atoms with E-state index in [2.05, 4.69) is 15.3 Å². The van der Waals surface area contributed by atoms with E-state index in [-0.39, 0.29) is 0 Å². The molecule has 2 aromatic rings. The van der Waals surface area contributed by atoms with Crippen molar-refractivity contribution in [2.75, 3.05) is 5.32 Å². The molecule has 16 heavy (non-hydrogen) atoms. The van der Waals surface area contributed by atoms with Crippen LogP contribution < -0.4 is 5.32 Å². The SMILES string of the molecule is Cc1ccc(C=O)c(Nc2cnccn2)c1. The highest BCUT2D eigenvalue weighted by atomic mass is 16.1. The molecule has 0 saturated heterocycles. The van der Waals surface area contributed by atoms with Crippen molar-refractivity contribution in [1.82, 2.24) is 9.97 Å². The van der Waals surface area contributed by atoms with Crippen molar-refractivity contribution in [3.05, 3.63) is 47.9 Å². The summed E-state index contributed by atoms with van der Waals surface area (Å²) in [7, 11) is 0. The van der Waals surface area contributed by atoms with Crippen LogP contribution in [0.2, 0.25) is 0 Å². The van der Waals surface area contributed by atoms with Crippen LogP contribution in [0.1, 0.15) is 15.9 Å². The van der Waals surface area contributed by atoms with Crippen LogP contribution in [0.4, 0.5) is 11.5 Å². The summed E-state index contributed by atoms with van der Waals surface area (Å²) in [6.07, 6.45) is 5.62. The Bertz CT molecular complexity index is 497. The molecule has 0 amide bonds. The molecule has 0 aliphatic carbocycles. The van der Waals surface area contributed by atoms with Gasteiger partial charge in [0.05, 0.1) is 11.9 Å². The summed E-state index contributed by atoms with van der Waals surface area (Å²) in [5, 5.41) is 3.06. The maximum atomic E-state index is 10.9. The van der Waals surface area contributed by atoms with Crippen LogP contribution in [0.25, 0.3) is 0 Å². The number of aryl methyl sites for hydroxylation is 1. The fourth-order valence-electron chi connectivity index (χ4n) is 1.38. The Morgan fingerprint density at radius 1 is 1.31 bits per heavy atom. The normalized spacial score (nSPS) is 9.81. The van der Waals surface area contributed by atoms with E-state index in [4.69, 9.17) is 0 Å². The van der Waals surface area contributed by atoms with E-state index in [1.54, 1.807) is 24.7 Å². The van der Waals surface area contributed by atoms with Gasteiger partial charge in [-0.2, -0.15) is 0 Å².